The zero-order valence-electron chi connectivity index (χ0n) is 16.2. The smallest absolute Gasteiger partial charge is 0.381 e. The van der Waals surface area contributed by atoms with Gasteiger partial charge in [0, 0.05) is 36.2 Å². The van der Waals surface area contributed by atoms with Gasteiger partial charge in [0.25, 0.3) is 0 Å². The fourth-order valence-electron chi connectivity index (χ4n) is 4.65. The molecular formula is C20H28F3N3OS. The van der Waals surface area contributed by atoms with Crippen LogP contribution < -0.4 is 5.32 Å². The van der Waals surface area contributed by atoms with Crippen LogP contribution in [-0.4, -0.2) is 47.2 Å². The molecule has 3 atom stereocenters. The number of piperidine rings is 1. The lowest BCUT2D eigenvalue weighted by Gasteiger charge is -2.39. The Balaban J connectivity index is 1.34. The fraction of sp³-hybridized carbons (Fsp3) is 0.750. The minimum Gasteiger partial charge on any atom is -0.381 e. The van der Waals surface area contributed by atoms with Crippen molar-refractivity contribution in [2.75, 3.05) is 19.8 Å². The van der Waals surface area contributed by atoms with Crippen LogP contribution in [0.1, 0.15) is 49.9 Å². The monoisotopic (exact) mass is 415 g/mol. The molecule has 1 N–H and O–H groups in total. The van der Waals surface area contributed by atoms with Crippen LogP contribution in [0.25, 0.3) is 0 Å². The van der Waals surface area contributed by atoms with Crippen molar-refractivity contribution in [3.63, 3.8) is 0 Å². The van der Waals surface area contributed by atoms with E-state index in [0.717, 1.165) is 62.3 Å². The maximum Gasteiger partial charge on any atom is 0.433 e. The van der Waals surface area contributed by atoms with Crippen LogP contribution in [0.2, 0.25) is 0 Å². The van der Waals surface area contributed by atoms with E-state index < -0.39 is 11.9 Å². The number of aromatic nitrogens is 1. The van der Waals surface area contributed by atoms with Gasteiger partial charge in [0.05, 0.1) is 5.69 Å². The lowest BCUT2D eigenvalue weighted by Crippen LogP contribution is -2.47. The molecule has 0 aliphatic carbocycles. The third kappa shape index (κ3) is 4.66. The highest BCUT2D eigenvalue weighted by molar-refractivity contribution is 7.97. The number of ether oxygens (including phenoxy) is 1. The van der Waals surface area contributed by atoms with Crippen LogP contribution in [0.5, 0.6) is 0 Å². The molecule has 4 rings (SSSR count). The summed E-state index contributed by atoms with van der Waals surface area (Å²) in [6.07, 6.45) is 2.46. The first-order valence-corrected chi connectivity index (χ1v) is 11.0. The standard InChI is InChI=1S/C20H28F3N3OS/c1-13-18(4-5-19(25-13)20(21,22)23)28-26-16-2-3-17(26)11-15(10-16)24-12-14-6-8-27-9-7-14/h4-5,14-17,24H,2-3,6-12H2,1H3/t15?,16-,17+. The van der Waals surface area contributed by atoms with E-state index in [1.807, 2.05) is 0 Å². The van der Waals surface area contributed by atoms with Gasteiger partial charge >= 0.3 is 6.18 Å². The molecule has 1 aromatic heterocycles. The molecule has 0 aromatic carbocycles. The Morgan fingerprint density at radius 3 is 2.43 bits per heavy atom. The zero-order chi connectivity index (χ0) is 19.7. The van der Waals surface area contributed by atoms with Crippen LogP contribution in [0.4, 0.5) is 13.2 Å². The summed E-state index contributed by atoms with van der Waals surface area (Å²) in [4.78, 5) is 4.61. The lowest BCUT2D eigenvalue weighted by molar-refractivity contribution is -0.141. The number of halogens is 3. The Morgan fingerprint density at radius 1 is 1.14 bits per heavy atom. The minimum absolute atomic E-state index is 0.457. The average molecular weight is 416 g/mol. The fourth-order valence-corrected chi connectivity index (χ4v) is 5.86. The summed E-state index contributed by atoms with van der Waals surface area (Å²) in [7, 11) is 0. The number of fused-ring (bicyclic) bond motifs is 2. The molecule has 0 spiro atoms. The highest BCUT2D eigenvalue weighted by atomic mass is 32.2. The SMILES string of the molecule is Cc1nc(C(F)(F)F)ccc1SN1[C@@H]2CC[C@H]1CC(NCC1CCOCC1)C2. The van der Waals surface area contributed by atoms with Crippen LogP contribution in [-0.2, 0) is 10.9 Å². The van der Waals surface area contributed by atoms with Gasteiger partial charge in [0.15, 0.2) is 0 Å². The molecule has 0 saturated carbocycles. The maximum absolute atomic E-state index is 12.8. The quantitative estimate of drug-likeness (QED) is 0.721. The largest absolute Gasteiger partial charge is 0.433 e. The van der Waals surface area contributed by atoms with Crippen molar-refractivity contribution < 1.29 is 17.9 Å². The molecule has 156 valence electrons. The van der Waals surface area contributed by atoms with Gasteiger partial charge in [-0.15, -0.1) is 0 Å². The topological polar surface area (TPSA) is 37.4 Å². The van der Waals surface area contributed by atoms with Crippen LogP contribution >= 0.6 is 11.9 Å². The third-order valence-corrected chi connectivity index (χ3v) is 7.67. The van der Waals surface area contributed by atoms with Gasteiger partial charge in [-0.2, -0.15) is 13.2 Å². The van der Waals surface area contributed by atoms with Gasteiger partial charge < -0.3 is 10.1 Å². The van der Waals surface area contributed by atoms with E-state index in [1.165, 1.54) is 12.8 Å². The Bertz CT molecular complexity index is 667. The van der Waals surface area contributed by atoms with Crippen molar-refractivity contribution in [1.82, 2.24) is 14.6 Å². The van der Waals surface area contributed by atoms with E-state index in [2.05, 4.69) is 14.6 Å². The molecule has 28 heavy (non-hydrogen) atoms. The van der Waals surface area contributed by atoms with Gasteiger partial charge in [-0.05, 0) is 82.0 Å². The summed E-state index contributed by atoms with van der Waals surface area (Å²) in [6.45, 7) is 4.50. The summed E-state index contributed by atoms with van der Waals surface area (Å²) >= 11 is 1.60. The predicted molar refractivity (Wildman–Crippen MR) is 103 cm³/mol. The maximum atomic E-state index is 12.8. The molecule has 3 aliphatic heterocycles. The average Bonchev–Trinajstić information content (AvgIpc) is 2.89. The number of pyridine rings is 1. The van der Waals surface area contributed by atoms with Gasteiger partial charge in [0.1, 0.15) is 5.69 Å². The second-order valence-electron chi connectivity index (χ2n) is 8.25. The minimum atomic E-state index is -4.39. The van der Waals surface area contributed by atoms with Crippen molar-refractivity contribution in [3.05, 3.63) is 23.5 Å². The Morgan fingerprint density at radius 2 is 1.82 bits per heavy atom. The van der Waals surface area contributed by atoms with Crippen molar-refractivity contribution in [2.24, 2.45) is 5.92 Å². The number of aryl methyl sites for hydroxylation is 1. The molecule has 3 saturated heterocycles. The summed E-state index contributed by atoms with van der Waals surface area (Å²) in [5, 5.41) is 3.78. The summed E-state index contributed by atoms with van der Waals surface area (Å²) < 4.78 is 46.4. The van der Waals surface area contributed by atoms with Gasteiger partial charge in [-0.1, -0.05) is 0 Å². The summed E-state index contributed by atoms with van der Waals surface area (Å²) in [5.41, 5.74) is -0.354. The molecule has 1 unspecified atom stereocenters. The van der Waals surface area contributed by atoms with Crippen molar-refractivity contribution in [1.29, 1.82) is 0 Å². The van der Waals surface area contributed by atoms with E-state index in [-0.39, 0.29) is 0 Å². The third-order valence-electron chi connectivity index (χ3n) is 6.23. The summed E-state index contributed by atoms with van der Waals surface area (Å²) in [6, 6.07) is 4.18. The first-order chi connectivity index (χ1) is 13.4. The first kappa shape index (κ1) is 20.4. The zero-order valence-corrected chi connectivity index (χ0v) is 17.0. The Labute approximate surface area is 168 Å². The first-order valence-electron chi connectivity index (χ1n) is 10.2. The van der Waals surface area contributed by atoms with E-state index in [4.69, 9.17) is 4.74 Å². The molecular weight excluding hydrogens is 387 g/mol. The predicted octanol–water partition coefficient (Wildman–Crippen LogP) is 4.43. The van der Waals surface area contributed by atoms with Gasteiger partial charge in [0.2, 0.25) is 0 Å². The van der Waals surface area contributed by atoms with Crippen molar-refractivity contribution in [2.45, 2.75) is 74.6 Å². The normalized spacial score (nSPS) is 29.4. The van der Waals surface area contributed by atoms with Gasteiger partial charge in [-0.25, -0.2) is 9.29 Å². The van der Waals surface area contributed by atoms with E-state index in [1.54, 1.807) is 24.9 Å². The highest BCUT2D eigenvalue weighted by Gasteiger charge is 2.42. The Kier molecular flexibility index (Phi) is 6.20. The molecule has 1 aromatic rings. The lowest BCUT2D eigenvalue weighted by atomic mass is 9.96. The molecule has 2 bridgehead atoms. The number of nitrogens with zero attached hydrogens (tertiary/aromatic N) is 2. The molecule has 0 radical (unpaired) electrons. The number of alkyl halides is 3. The van der Waals surface area contributed by atoms with Crippen LogP contribution in [0.15, 0.2) is 17.0 Å². The number of hydrogen-bond acceptors (Lipinski definition) is 5. The van der Waals surface area contributed by atoms with Crippen molar-refractivity contribution in [3.8, 4) is 0 Å². The van der Waals surface area contributed by atoms with Crippen LogP contribution in [0, 0.1) is 12.8 Å². The summed E-state index contributed by atoms with van der Waals surface area (Å²) in [5.74, 6) is 0.722. The molecule has 3 fully saturated rings. The van der Waals surface area contributed by atoms with E-state index >= 15 is 0 Å². The van der Waals surface area contributed by atoms with Crippen molar-refractivity contribution >= 4 is 11.9 Å². The molecule has 8 heteroatoms. The number of nitrogens with one attached hydrogen (secondary N) is 1. The van der Waals surface area contributed by atoms with Gasteiger partial charge in [-0.3, -0.25) is 0 Å². The second kappa shape index (κ2) is 8.50. The Hall–Kier alpha value is -0.830. The molecule has 4 heterocycles. The molecule has 4 nitrogen and oxygen atoms in total. The van der Waals surface area contributed by atoms with E-state index in [0.29, 0.717) is 23.8 Å². The second-order valence-corrected chi connectivity index (χ2v) is 9.29. The number of rotatable bonds is 5. The van der Waals surface area contributed by atoms with Crippen LogP contribution in [0.3, 0.4) is 0 Å². The molecule has 0 amide bonds. The van der Waals surface area contributed by atoms with E-state index in [9.17, 15) is 13.2 Å². The molecule has 3 aliphatic rings. The number of hydrogen-bond donors (Lipinski definition) is 1. The highest BCUT2D eigenvalue weighted by Crippen LogP contribution is 2.43.